The number of ether oxygens (including phenoxy) is 3. The minimum Gasteiger partial charge on any atom is -0.496 e. The second-order valence-corrected chi connectivity index (χ2v) is 12.1. The molecule has 0 saturated heterocycles. The van der Waals surface area contributed by atoms with Crippen molar-refractivity contribution in [3.63, 3.8) is 0 Å². The summed E-state index contributed by atoms with van der Waals surface area (Å²) in [6, 6.07) is 15.8. The largest absolute Gasteiger partial charge is 0.496 e. The maximum atomic E-state index is 12.5. The van der Waals surface area contributed by atoms with E-state index in [9.17, 15) is 4.79 Å². The molecular formula is C31H31NO4S2. The Labute approximate surface area is 231 Å². The number of esters is 1. The maximum Gasteiger partial charge on any atom is 0.344 e. The van der Waals surface area contributed by atoms with Crippen LogP contribution in [-0.4, -0.2) is 25.7 Å². The van der Waals surface area contributed by atoms with Crippen LogP contribution < -0.4 is 14.8 Å². The second kappa shape index (κ2) is 10.4. The highest BCUT2D eigenvalue weighted by Crippen LogP contribution is 2.48. The first-order chi connectivity index (χ1) is 18.2. The van der Waals surface area contributed by atoms with Crippen LogP contribution in [0.3, 0.4) is 0 Å². The van der Waals surface area contributed by atoms with Crippen molar-refractivity contribution in [1.29, 1.82) is 0 Å². The lowest BCUT2D eigenvalue weighted by Gasteiger charge is -2.35. The number of benzene rings is 2. The van der Waals surface area contributed by atoms with Gasteiger partial charge in [0.05, 0.1) is 18.2 Å². The minimum absolute atomic E-state index is 0.163. The van der Waals surface area contributed by atoms with Gasteiger partial charge in [-0.3, -0.25) is 0 Å². The van der Waals surface area contributed by atoms with Crippen LogP contribution in [0, 0.1) is 6.92 Å². The number of nitrogens with one attached hydrogen (secondary N) is 1. The van der Waals surface area contributed by atoms with E-state index in [2.05, 4.69) is 63.4 Å². The second-order valence-electron chi connectivity index (χ2n) is 9.95. The van der Waals surface area contributed by atoms with Gasteiger partial charge in [0.25, 0.3) is 0 Å². The van der Waals surface area contributed by atoms with Gasteiger partial charge in [-0.05, 0) is 80.6 Å². The Morgan fingerprint density at radius 2 is 1.79 bits per heavy atom. The number of hydrogen-bond acceptors (Lipinski definition) is 7. The zero-order valence-electron chi connectivity index (χ0n) is 22.4. The predicted molar refractivity (Wildman–Crippen MR) is 157 cm³/mol. The summed E-state index contributed by atoms with van der Waals surface area (Å²) in [7, 11) is 3.39. The van der Waals surface area contributed by atoms with Crippen LogP contribution in [0.25, 0.3) is 16.7 Å². The molecule has 1 aliphatic heterocycles. The fourth-order valence-corrected chi connectivity index (χ4v) is 6.72. The summed E-state index contributed by atoms with van der Waals surface area (Å²) in [6.07, 6.45) is 1.99. The predicted octanol–water partition coefficient (Wildman–Crippen LogP) is 8.36. The minimum atomic E-state index is -0.391. The fraction of sp³-hybridized carbons (Fsp3) is 0.258. The van der Waals surface area contributed by atoms with Crippen LogP contribution in [0.1, 0.15) is 58.1 Å². The van der Waals surface area contributed by atoms with Crippen molar-refractivity contribution in [1.82, 2.24) is 0 Å². The standard InChI is InChI=1S/C31H31NO4S2/c1-18-16-31(3,4)32-24-11-10-23(28(27(18)24)29(35-6)26-12-7-19(2)38-26)22-9-8-21(15-25(22)34-5)36-30(33)20-13-14-37-17-20/h7-17,29,32H,1-6H3. The Balaban J connectivity index is 1.67. The summed E-state index contributed by atoms with van der Waals surface area (Å²) in [5.74, 6) is 0.653. The zero-order chi connectivity index (χ0) is 27.0. The van der Waals surface area contributed by atoms with E-state index >= 15 is 0 Å². The molecule has 0 saturated carbocycles. The monoisotopic (exact) mass is 545 g/mol. The molecule has 38 heavy (non-hydrogen) atoms. The Kier molecular flexibility index (Phi) is 7.18. The highest BCUT2D eigenvalue weighted by atomic mass is 32.1. The molecule has 1 aliphatic rings. The van der Waals surface area contributed by atoms with E-state index in [4.69, 9.17) is 14.2 Å². The molecule has 196 valence electrons. The lowest BCUT2D eigenvalue weighted by Crippen LogP contribution is -2.32. The van der Waals surface area contributed by atoms with E-state index in [-0.39, 0.29) is 11.6 Å². The number of rotatable bonds is 7. The highest BCUT2D eigenvalue weighted by molar-refractivity contribution is 7.12. The number of aryl methyl sites for hydroxylation is 1. The molecule has 5 nitrogen and oxygen atoms in total. The van der Waals surface area contributed by atoms with Gasteiger partial charge in [-0.2, -0.15) is 11.3 Å². The number of thiophene rings is 2. The Morgan fingerprint density at radius 3 is 2.45 bits per heavy atom. The van der Waals surface area contributed by atoms with Crippen molar-refractivity contribution in [3.8, 4) is 22.6 Å². The average molecular weight is 546 g/mol. The summed E-state index contributed by atoms with van der Waals surface area (Å²) in [5, 5.41) is 7.30. The maximum absolute atomic E-state index is 12.5. The smallest absolute Gasteiger partial charge is 0.344 e. The highest BCUT2D eigenvalue weighted by Gasteiger charge is 2.31. The van der Waals surface area contributed by atoms with Crippen LogP contribution in [-0.2, 0) is 4.74 Å². The molecule has 5 rings (SSSR count). The third kappa shape index (κ3) is 5.01. The van der Waals surface area contributed by atoms with E-state index in [0.29, 0.717) is 17.1 Å². The van der Waals surface area contributed by atoms with Gasteiger partial charge < -0.3 is 19.5 Å². The molecule has 1 N–H and O–H groups in total. The molecule has 1 unspecified atom stereocenters. The summed E-state index contributed by atoms with van der Waals surface area (Å²) in [4.78, 5) is 14.9. The molecule has 0 amide bonds. The number of methoxy groups -OCH3 is 2. The number of anilines is 1. The van der Waals surface area contributed by atoms with Crippen LogP contribution in [0.5, 0.6) is 11.5 Å². The van der Waals surface area contributed by atoms with Gasteiger partial charge in [0, 0.05) is 50.7 Å². The van der Waals surface area contributed by atoms with Crippen molar-refractivity contribution < 1.29 is 19.0 Å². The van der Waals surface area contributed by atoms with Gasteiger partial charge >= 0.3 is 5.97 Å². The van der Waals surface area contributed by atoms with Gasteiger partial charge in [-0.15, -0.1) is 11.3 Å². The van der Waals surface area contributed by atoms with Gasteiger partial charge in [-0.1, -0.05) is 12.1 Å². The van der Waals surface area contributed by atoms with Crippen LogP contribution >= 0.6 is 22.7 Å². The van der Waals surface area contributed by atoms with Crippen molar-refractivity contribution >= 4 is 39.9 Å². The number of fused-ring (bicyclic) bond motifs is 1. The Hall–Kier alpha value is -3.39. The van der Waals surface area contributed by atoms with Crippen molar-refractivity contribution in [2.45, 2.75) is 39.3 Å². The first-order valence-corrected chi connectivity index (χ1v) is 14.1. The number of carbonyl (C=O) groups is 1. The molecule has 0 aliphatic carbocycles. The molecule has 0 bridgehead atoms. The number of carbonyl (C=O) groups excluding carboxylic acids is 1. The summed E-state index contributed by atoms with van der Waals surface area (Å²) < 4.78 is 17.7. The number of hydrogen-bond donors (Lipinski definition) is 1. The van der Waals surface area contributed by atoms with Crippen LogP contribution in [0.4, 0.5) is 5.69 Å². The number of allylic oxidation sites excluding steroid dienone is 1. The molecule has 0 radical (unpaired) electrons. The molecule has 2 aromatic heterocycles. The zero-order valence-corrected chi connectivity index (χ0v) is 24.0. The molecule has 2 aromatic carbocycles. The quantitative estimate of drug-likeness (QED) is 0.187. The molecular weight excluding hydrogens is 514 g/mol. The van der Waals surface area contributed by atoms with Crippen LogP contribution in [0.2, 0.25) is 0 Å². The Bertz CT molecular complexity index is 1510. The first-order valence-electron chi connectivity index (χ1n) is 12.4. The van der Waals surface area contributed by atoms with E-state index in [1.54, 1.807) is 43.1 Å². The first kappa shape index (κ1) is 26.2. The van der Waals surface area contributed by atoms with Gasteiger partial charge in [-0.25, -0.2) is 4.79 Å². The van der Waals surface area contributed by atoms with E-state index in [1.807, 2.05) is 17.5 Å². The lowest BCUT2D eigenvalue weighted by atomic mass is 9.82. The summed E-state index contributed by atoms with van der Waals surface area (Å²) in [5.41, 5.74) is 6.74. The third-order valence-corrected chi connectivity index (χ3v) is 8.35. The molecule has 1 atom stereocenters. The van der Waals surface area contributed by atoms with Gasteiger partial charge in [0.15, 0.2) is 0 Å². The normalized spacial score (nSPS) is 14.7. The molecule has 3 heterocycles. The molecule has 4 aromatic rings. The van der Waals surface area contributed by atoms with Gasteiger partial charge in [0.2, 0.25) is 0 Å². The molecule has 7 heteroatoms. The summed E-state index contributed by atoms with van der Waals surface area (Å²) >= 11 is 3.19. The summed E-state index contributed by atoms with van der Waals surface area (Å²) in [6.45, 7) is 8.60. The van der Waals surface area contributed by atoms with E-state index in [0.717, 1.165) is 32.8 Å². The van der Waals surface area contributed by atoms with Crippen molar-refractivity contribution in [3.05, 3.63) is 91.8 Å². The third-order valence-electron chi connectivity index (χ3n) is 6.62. The van der Waals surface area contributed by atoms with Gasteiger partial charge in [0.1, 0.15) is 17.6 Å². The van der Waals surface area contributed by atoms with E-state index in [1.165, 1.54) is 21.8 Å². The van der Waals surface area contributed by atoms with Crippen molar-refractivity contribution in [2.75, 3.05) is 19.5 Å². The van der Waals surface area contributed by atoms with Crippen LogP contribution in [0.15, 0.2) is 65.4 Å². The molecule has 0 spiro atoms. The topological polar surface area (TPSA) is 56.8 Å². The SMILES string of the molecule is COc1cc(OC(=O)c2ccsc2)ccc1-c1ccc2c(c1C(OC)c1ccc(C)s1)C(C)=CC(C)(C)N2. The average Bonchev–Trinajstić information content (AvgIpc) is 3.56. The molecule has 0 fully saturated rings. The fourth-order valence-electron chi connectivity index (χ4n) is 5.13. The Morgan fingerprint density at radius 1 is 1.00 bits per heavy atom. The van der Waals surface area contributed by atoms with E-state index < -0.39 is 5.97 Å². The van der Waals surface area contributed by atoms with Crippen molar-refractivity contribution in [2.24, 2.45) is 0 Å². The lowest BCUT2D eigenvalue weighted by molar-refractivity contribution is 0.0735.